The number of nitrogens with one attached hydrogen (secondary N) is 2. The van der Waals surface area contributed by atoms with Gasteiger partial charge in [-0.2, -0.15) is 5.10 Å². The number of carboxylic acid groups (broad SMARTS) is 1. The first-order valence-electron chi connectivity index (χ1n) is 11.1. The number of aromatic nitrogens is 2. The molecule has 1 aliphatic rings. The van der Waals surface area contributed by atoms with Crippen molar-refractivity contribution in [1.82, 2.24) is 15.1 Å². The molecule has 3 N–H and O–H groups in total. The summed E-state index contributed by atoms with van der Waals surface area (Å²) in [5.74, 6) is -1.51. The van der Waals surface area contributed by atoms with Crippen LogP contribution in [0.3, 0.4) is 0 Å². The highest BCUT2D eigenvalue weighted by atomic mass is 16.5. The molecule has 0 aliphatic heterocycles. The van der Waals surface area contributed by atoms with Crippen LogP contribution in [0, 0.1) is 0 Å². The number of carbonyl (C=O) groups excluding carboxylic acids is 2. The smallest absolute Gasteiger partial charge is 0.407 e. The van der Waals surface area contributed by atoms with Gasteiger partial charge in [0.25, 0.3) is 0 Å². The highest BCUT2D eigenvalue weighted by molar-refractivity contribution is 5.99. The van der Waals surface area contributed by atoms with Crippen molar-refractivity contribution in [2.75, 3.05) is 18.5 Å². The minimum Gasteiger partial charge on any atom is -0.476 e. The number of amides is 2. The molecule has 1 aromatic heterocycles. The van der Waals surface area contributed by atoms with Crippen LogP contribution in [0.25, 0.3) is 11.1 Å². The molecular weight excluding hydrogens is 436 g/mol. The Hall–Kier alpha value is -4.14. The Kier molecular flexibility index (Phi) is 6.91. The van der Waals surface area contributed by atoms with Gasteiger partial charge in [-0.25, -0.2) is 9.59 Å². The molecule has 1 aliphatic carbocycles. The van der Waals surface area contributed by atoms with Gasteiger partial charge in [0.15, 0.2) is 5.69 Å². The molecule has 34 heavy (non-hydrogen) atoms. The van der Waals surface area contributed by atoms with Gasteiger partial charge in [-0.15, -0.1) is 0 Å². The zero-order valence-corrected chi connectivity index (χ0v) is 18.8. The van der Waals surface area contributed by atoms with E-state index in [2.05, 4.69) is 40.0 Å². The number of benzene rings is 2. The summed E-state index contributed by atoms with van der Waals surface area (Å²) in [5, 5.41) is 18.2. The molecule has 0 unspecified atom stereocenters. The Labute approximate surface area is 196 Å². The minimum absolute atomic E-state index is 0.00464. The molecule has 0 bridgehead atoms. The number of carbonyl (C=O) groups is 3. The van der Waals surface area contributed by atoms with E-state index < -0.39 is 12.1 Å². The topological polar surface area (TPSA) is 123 Å². The van der Waals surface area contributed by atoms with E-state index in [4.69, 9.17) is 9.84 Å². The lowest BCUT2D eigenvalue weighted by Gasteiger charge is -2.14. The second kappa shape index (κ2) is 10.2. The summed E-state index contributed by atoms with van der Waals surface area (Å²) in [6, 6.07) is 16.3. The zero-order chi connectivity index (χ0) is 24.1. The molecule has 3 aromatic rings. The molecule has 0 fully saturated rings. The maximum atomic E-state index is 12.2. The Morgan fingerprint density at radius 2 is 1.68 bits per heavy atom. The van der Waals surface area contributed by atoms with E-state index in [1.165, 1.54) is 22.0 Å². The average Bonchev–Trinajstić information content (AvgIpc) is 3.35. The van der Waals surface area contributed by atoms with Gasteiger partial charge in [-0.05, 0) is 35.1 Å². The zero-order valence-electron chi connectivity index (χ0n) is 18.8. The van der Waals surface area contributed by atoms with E-state index >= 15 is 0 Å². The van der Waals surface area contributed by atoms with Crippen molar-refractivity contribution in [2.45, 2.75) is 25.2 Å². The standard InChI is InChI=1S/C25H26N4O5/c1-29-14-21(23(28-29)24(31)32)27-22(30)12-6-7-13-26-25(33)34-15-20-18-10-4-2-8-16(18)17-9-3-5-11-19(17)20/h2-5,8-11,14,20H,6-7,12-13,15H2,1H3,(H,26,33)(H,27,30)(H,31,32). The average molecular weight is 463 g/mol. The molecule has 0 atom stereocenters. The maximum absolute atomic E-state index is 12.2. The van der Waals surface area contributed by atoms with Crippen LogP contribution in [0.15, 0.2) is 54.7 Å². The number of anilines is 1. The number of alkyl carbamates (subject to hydrolysis) is 1. The fourth-order valence-electron chi connectivity index (χ4n) is 4.20. The highest BCUT2D eigenvalue weighted by Gasteiger charge is 2.28. The van der Waals surface area contributed by atoms with Gasteiger partial charge in [0.1, 0.15) is 6.61 Å². The number of hydrogen-bond acceptors (Lipinski definition) is 5. The van der Waals surface area contributed by atoms with E-state index in [0.29, 0.717) is 19.4 Å². The summed E-state index contributed by atoms with van der Waals surface area (Å²) in [4.78, 5) is 35.4. The van der Waals surface area contributed by atoms with Crippen molar-refractivity contribution in [3.05, 3.63) is 71.5 Å². The summed E-state index contributed by atoms with van der Waals surface area (Å²) in [5.41, 5.74) is 4.62. The Morgan fingerprint density at radius 1 is 1.03 bits per heavy atom. The predicted molar refractivity (Wildman–Crippen MR) is 126 cm³/mol. The molecule has 9 heteroatoms. The molecule has 1 heterocycles. The number of ether oxygens (including phenoxy) is 1. The predicted octanol–water partition coefficient (Wildman–Crippen LogP) is 3.77. The van der Waals surface area contributed by atoms with Crippen LogP contribution < -0.4 is 10.6 Å². The first-order valence-corrected chi connectivity index (χ1v) is 11.1. The molecule has 176 valence electrons. The lowest BCUT2D eigenvalue weighted by atomic mass is 9.98. The summed E-state index contributed by atoms with van der Waals surface area (Å²) in [6.07, 6.45) is 2.25. The van der Waals surface area contributed by atoms with Gasteiger partial charge in [0.05, 0.1) is 5.69 Å². The SMILES string of the molecule is Cn1cc(NC(=O)CCCCNC(=O)OCC2c3ccccc3-c3ccccc32)c(C(=O)O)n1. The summed E-state index contributed by atoms with van der Waals surface area (Å²) in [7, 11) is 1.58. The van der Waals surface area contributed by atoms with Crippen molar-refractivity contribution in [3.63, 3.8) is 0 Å². The van der Waals surface area contributed by atoms with Crippen LogP contribution in [-0.2, 0) is 16.6 Å². The highest BCUT2D eigenvalue weighted by Crippen LogP contribution is 2.44. The van der Waals surface area contributed by atoms with Crippen LogP contribution in [0.5, 0.6) is 0 Å². The van der Waals surface area contributed by atoms with Gasteiger partial charge < -0.3 is 20.5 Å². The molecule has 4 rings (SSSR count). The Balaban J connectivity index is 1.18. The number of carboxylic acids is 1. The van der Waals surface area contributed by atoms with Gasteiger partial charge in [-0.3, -0.25) is 9.48 Å². The molecule has 0 radical (unpaired) electrons. The molecule has 2 amide bonds. The normalized spacial score (nSPS) is 12.0. The molecule has 0 saturated heterocycles. The number of aryl methyl sites for hydroxylation is 1. The fourth-order valence-corrected chi connectivity index (χ4v) is 4.20. The van der Waals surface area contributed by atoms with Gasteiger partial charge in [-0.1, -0.05) is 48.5 Å². The number of rotatable bonds is 9. The van der Waals surface area contributed by atoms with Crippen molar-refractivity contribution in [1.29, 1.82) is 0 Å². The quantitative estimate of drug-likeness (QED) is 0.416. The van der Waals surface area contributed by atoms with Crippen molar-refractivity contribution in [2.24, 2.45) is 7.05 Å². The van der Waals surface area contributed by atoms with Crippen molar-refractivity contribution >= 4 is 23.7 Å². The second-order valence-corrected chi connectivity index (χ2v) is 8.13. The lowest BCUT2D eigenvalue weighted by Crippen LogP contribution is -2.27. The third kappa shape index (κ3) is 5.09. The van der Waals surface area contributed by atoms with Crippen LogP contribution >= 0.6 is 0 Å². The number of aromatic carboxylic acids is 1. The lowest BCUT2D eigenvalue weighted by molar-refractivity contribution is -0.116. The summed E-state index contributed by atoms with van der Waals surface area (Å²) < 4.78 is 6.82. The number of unbranched alkanes of at least 4 members (excludes halogenated alkanes) is 1. The second-order valence-electron chi connectivity index (χ2n) is 8.13. The van der Waals surface area contributed by atoms with E-state index in [1.54, 1.807) is 7.05 Å². The van der Waals surface area contributed by atoms with Crippen LogP contribution in [0.1, 0.15) is 46.8 Å². The van der Waals surface area contributed by atoms with Crippen molar-refractivity contribution in [3.8, 4) is 11.1 Å². The van der Waals surface area contributed by atoms with Crippen LogP contribution in [0.4, 0.5) is 10.5 Å². The number of nitrogens with zero attached hydrogens (tertiary/aromatic N) is 2. The number of hydrogen-bond donors (Lipinski definition) is 3. The molecule has 9 nitrogen and oxygen atoms in total. The van der Waals surface area contributed by atoms with Gasteiger partial charge in [0, 0.05) is 32.1 Å². The van der Waals surface area contributed by atoms with E-state index in [1.807, 2.05) is 24.3 Å². The van der Waals surface area contributed by atoms with Gasteiger partial charge in [0.2, 0.25) is 5.91 Å². The largest absolute Gasteiger partial charge is 0.476 e. The molecular formula is C25H26N4O5. The van der Waals surface area contributed by atoms with E-state index in [0.717, 1.165) is 11.1 Å². The summed E-state index contributed by atoms with van der Waals surface area (Å²) >= 11 is 0. The third-order valence-electron chi connectivity index (χ3n) is 5.75. The van der Waals surface area contributed by atoms with Crippen LogP contribution in [0.2, 0.25) is 0 Å². The van der Waals surface area contributed by atoms with E-state index in [9.17, 15) is 14.4 Å². The van der Waals surface area contributed by atoms with Gasteiger partial charge >= 0.3 is 12.1 Å². The van der Waals surface area contributed by atoms with Crippen molar-refractivity contribution < 1.29 is 24.2 Å². The third-order valence-corrected chi connectivity index (χ3v) is 5.75. The van der Waals surface area contributed by atoms with Crippen LogP contribution in [-0.4, -0.2) is 46.0 Å². The van der Waals surface area contributed by atoms with E-state index in [-0.39, 0.29) is 36.2 Å². The molecule has 0 spiro atoms. The monoisotopic (exact) mass is 462 g/mol. The Morgan fingerprint density at radius 3 is 2.32 bits per heavy atom. The molecule has 2 aromatic carbocycles. The first kappa shape index (κ1) is 23.0. The first-order chi connectivity index (χ1) is 16.4. The Bertz CT molecular complexity index is 1170. The summed E-state index contributed by atoms with van der Waals surface area (Å²) in [6.45, 7) is 0.622. The minimum atomic E-state index is -1.21. The number of fused-ring (bicyclic) bond motifs is 3. The molecule has 0 saturated carbocycles. The fraction of sp³-hybridized carbons (Fsp3) is 0.280. The maximum Gasteiger partial charge on any atom is 0.407 e.